The zero-order valence-corrected chi connectivity index (χ0v) is 13.2. The van der Waals surface area contributed by atoms with E-state index >= 15 is 0 Å². The predicted molar refractivity (Wildman–Crippen MR) is 89.8 cm³/mol. The zero-order valence-electron chi connectivity index (χ0n) is 13.2. The van der Waals surface area contributed by atoms with Gasteiger partial charge in [0.05, 0.1) is 17.6 Å². The van der Waals surface area contributed by atoms with Crippen molar-refractivity contribution >= 4 is 17.5 Å². The Labute approximate surface area is 143 Å². The Bertz CT molecular complexity index is 747. The molecule has 1 atom stereocenters. The molecule has 2 aromatic carbocycles. The Morgan fingerprint density at radius 3 is 2.28 bits per heavy atom. The first-order valence-corrected chi connectivity index (χ1v) is 7.49. The van der Waals surface area contributed by atoms with Crippen LogP contribution in [0.4, 0.5) is 5.69 Å². The van der Waals surface area contributed by atoms with Crippen molar-refractivity contribution in [3.8, 4) is 0 Å². The van der Waals surface area contributed by atoms with Crippen molar-refractivity contribution in [1.82, 2.24) is 10.6 Å². The fourth-order valence-electron chi connectivity index (χ4n) is 2.06. The number of benzene rings is 2. The smallest absolute Gasteiger partial charge is 0.269 e. The van der Waals surface area contributed by atoms with Gasteiger partial charge < -0.3 is 15.7 Å². The Morgan fingerprint density at radius 1 is 1.04 bits per heavy atom. The van der Waals surface area contributed by atoms with Gasteiger partial charge in [-0.05, 0) is 29.8 Å². The molecular weight excluding hydrogens is 326 g/mol. The minimum absolute atomic E-state index is 0.0716. The molecule has 0 unspecified atom stereocenters. The number of carbonyl (C=O) groups is 2. The van der Waals surface area contributed by atoms with Gasteiger partial charge in [-0.15, -0.1) is 0 Å². The molecule has 0 spiro atoms. The number of amides is 2. The normalized spacial score (nSPS) is 11.4. The molecule has 0 radical (unpaired) electrons. The van der Waals surface area contributed by atoms with Gasteiger partial charge in [0, 0.05) is 24.2 Å². The van der Waals surface area contributed by atoms with Crippen LogP contribution in [0.25, 0.3) is 0 Å². The van der Waals surface area contributed by atoms with E-state index in [1.165, 1.54) is 24.3 Å². The average Bonchev–Trinajstić information content (AvgIpc) is 2.64. The first-order chi connectivity index (χ1) is 12.0. The van der Waals surface area contributed by atoms with Crippen LogP contribution in [0.2, 0.25) is 0 Å². The molecule has 0 aromatic heterocycles. The third-order valence-corrected chi connectivity index (χ3v) is 3.43. The van der Waals surface area contributed by atoms with Crippen LogP contribution in [0, 0.1) is 10.1 Å². The van der Waals surface area contributed by atoms with Gasteiger partial charge in [0.2, 0.25) is 5.91 Å². The third-order valence-electron chi connectivity index (χ3n) is 3.43. The molecule has 0 saturated carbocycles. The summed E-state index contributed by atoms with van der Waals surface area (Å²) in [7, 11) is 0. The van der Waals surface area contributed by atoms with Crippen LogP contribution in [0.1, 0.15) is 22.0 Å². The highest BCUT2D eigenvalue weighted by molar-refractivity contribution is 5.96. The second-order valence-corrected chi connectivity index (χ2v) is 5.22. The average molecular weight is 343 g/mol. The quantitative estimate of drug-likeness (QED) is 0.515. The second-order valence-electron chi connectivity index (χ2n) is 5.22. The van der Waals surface area contributed by atoms with Crippen molar-refractivity contribution < 1.29 is 19.6 Å². The molecule has 0 fully saturated rings. The van der Waals surface area contributed by atoms with E-state index in [9.17, 15) is 24.8 Å². The van der Waals surface area contributed by atoms with Crippen LogP contribution in [-0.2, 0) is 4.79 Å². The molecule has 2 amide bonds. The van der Waals surface area contributed by atoms with Gasteiger partial charge in [0.15, 0.2) is 0 Å². The molecule has 0 heterocycles. The maximum atomic E-state index is 11.8. The third kappa shape index (κ3) is 5.40. The number of carbonyl (C=O) groups excluding carboxylic acids is 2. The summed E-state index contributed by atoms with van der Waals surface area (Å²) >= 11 is 0. The molecule has 2 aromatic rings. The van der Waals surface area contributed by atoms with E-state index in [1.807, 2.05) is 0 Å². The van der Waals surface area contributed by atoms with Crippen LogP contribution in [-0.4, -0.2) is 34.9 Å². The highest BCUT2D eigenvalue weighted by Gasteiger charge is 2.12. The van der Waals surface area contributed by atoms with E-state index < -0.39 is 16.9 Å². The molecular formula is C17H17N3O5. The number of aliphatic hydroxyl groups is 1. The first-order valence-electron chi connectivity index (χ1n) is 7.49. The van der Waals surface area contributed by atoms with E-state index in [2.05, 4.69) is 10.6 Å². The predicted octanol–water partition coefficient (Wildman–Crippen LogP) is 1.17. The molecule has 0 saturated heterocycles. The molecule has 130 valence electrons. The highest BCUT2D eigenvalue weighted by Crippen LogP contribution is 2.17. The number of nitrogens with zero attached hydrogens (tertiary/aromatic N) is 1. The standard InChI is InChI=1S/C17H17N3O5/c21-15(12-6-8-14(9-7-12)20(24)25)10-18-16(22)11-19-17(23)13-4-2-1-3-5-13/h1-9,15,21H,10-11H2,(H,18,22)(H,19,23)/t15-/m0/s1. The molecule has 2 rings (SSSR count). The molecule has 0 bridgehead atoms. The van der Waals surface area contributed by atoms with Gasteiger partial charge in [0.1, 0.15) is 0 Å². The monoisotopic (exact) mass is 343 g/mol. The number of nitro groups is 1. The number of nitrogens with one attached hydrogen (secondary N) is 2. The molecule has 8 heteroatoms. The number of non-ortho nitro benzene ring substituents is 1. The lowest BCUT2D eigenvalue weighted by Crippen LogP contribution is -2.38. The van der Waals surface area contributed by atoms with Gasteiger partial charge in [0.25, 0.3) is 11.6 Å². The summed E-state index contributed by atoms with van der Waals surface area (Å²) in [5.41, 5.74) is 0.809. The highest BCUT2D eigenvalue weighted by atomic mass is 16.6. The Balaban J connectivity index is 1.77. The number of hydrogen-bond acceptors (Lipinski definition) is 5. The molecule has 3 N–H and O–H groups in total. The zero-order chi connectivity index (χ0) is 18.2. The summed E-state index contributed by atoms with van der Waals surface area (Å²) in [5.74, 6) is -0.822. The van der Waals surface area contributed by atoms with Gasteiger partial charge in [-0.2, -0.15) is 0 Å². The van der Waals surface area contributed by atoms with Crippen LogP contribution in [0.15, 0.2) is 54.6 Å². The minimum Gasteiger partial charge on any atom is -0.387 e. The lowest BCUT2D eigenvalue weighted by Gasteiger charge is -2.12. The summed E-state index contributed by atoms with van der Waals surface area (Å²) in [6, 6.07) is 13.9. The van der Waals surface area contributed by atoms with Gasteiger partial charge in [-0.25, -0.2) is 0 Å². The van der Waals surface area contributed by atoms with Crippen molar-refractivity contribution in [3.05, 3.63) is 75.8 Å². The van der Waals surface area contributed by atoms with Crippen molar-refractivity contribution in [3.63, 3.8) is 0 Å². The van der Waals surface area contributed by atoms with Crippen LogP contribution in [0.3, 0.4) is 0 Å². The number of aliphatic hydroxyl groups excluding tert-OH is 1. The first kappa shape index (κ1) is 18.1. The van der Waals surface area contributed by atoms with Crippen molar-refractivity contribution in [2.24, 2.45) is 0 Å². The molecule has 0 aliphatic carbocycles. The fraction of sp³-hybridized carbons (Fsp3) is 0.176. The molecule has 0 aliphatic heterocycles. The van der Waals surface area contributed by atoms with Crippen molar-refractivity contribution in [1.29, 1.82) is 0 Å². The summed E-state index contributed by atoms with van der Waals surface area (Å²) in [5, 5.41) is 25.5. The molecule has 8 nitrogen and oxygen atoms in total. The number of hydrogen-bond donors (Lipinski definition) is 3. The van der Waals surface area contributed by atoms with Crippen molar-refractivity contribution in [2.75, 3.05) is 13.1 Å². The summed E-state index contributed by atoms with van der Waals surface area (Å²) < 4.78 is 0. The van der Waals surface area contributed by atoms with E-state index in [1.54, 1.807) is 30.3 Å². The van der Waals surface area contributed by atoms with Crippen molar-refractivity contribution in [2.45, 2.75) is 6.10 Å². The Hall–Kier alpha value is -3.26. The Morgan fingerprint density at radius 2 is 1.68 bits per heavy atom. The molecule has 0 aliphatic rings. The van der Waals surface area contributed by atoms with Crippen LogP contribution < -0.4 is 10.6 Å². The second kappa shape index (κ2) is 8.55. The summed E-state index contributed by atoms with van der Waals surface area (Å²) in [6.45, 7) is -0.293. The van der Waals surface area contributed by atoms with Crippen LogP contribution >= 0.6 is 0 Å². The molecule has 25 heavy (non-hydrogen) atoms. The van der Waals surface area contributed by atoms with E-state index in [-0.39, 0.29) is 24.7 Å². The maximum absolute atomic E-state index is 11.8. The maximum Gasteiger partial charge on any atom is 0.269 e. The fourth-order valence-corrected chi connectivity index (χ4v) is 2.06. The van der Waals surface area contributed by atoms with E-state index in [0.717, 1.165) is 0 Å². The van der Waals surface area contributed by atoms with Gasteiger partial charge in [-0.1, -0.05) is 18.2 Å². The lowest BCUT2D eigenvalue weighted by atomic mass is 10.1. The topological polar surface area (TPSA) is 122 Å². The van der Waals surface area contributed by atoms with Crippen LogP contribution in [0.5, 0.6) is 0 Å². The van der Waals surface area contributed by atoms with Gasteiger partial charge in [-0.3, -0.25) is 19.7 Å². The van der Waals surface area contributed by atoms with E-state index in [4.69, 9.17) is 0 Å². The minimum atomic E-state index is -1.01. The largest absolute Gasteiger partial charge is 0.387 e. The van der Waals surface area contributed by atoms with Gasteiger partial charge >= 0.3 is 0 Å². The number of rotatable bonds is 7. The SMILES string of the molecule is O=C(CNC(=O)c1ccccc1)NC[C@H](O)c1ccc([N+](=O)[O-])cc1. The summed E-state index contributed by atoms with van der Waals surface area (Å²) in [6.07, 6.45) is -1.01. The summed E-state index contributed by atoms with van der Waals surface area (Å²) in [4.78, 5) is 33.6. The van der Waals surface area contributed by atoms with E-state index in [0.29, 0.717) is 11.1 Å². The Kier molecular flexibility index (Phi) is 6.19. The number of nitro benzene ring substituents is 1. The lowest BCUT2D eigenvalue weighted by molar-refractivity contribution is -0.384.